The van der Waals surface area contributed by atoms with Crippen LogP contribution < -0.4 is 9.88 Å². The highest BCUT2D eigenvalue weighted by atomic mass is 16.5. The molecule has 3 rings (SSSR count). The topological polar surface area (TPSA) is 59.3 Å². The van der Waals surface area contributed by atoms with Gasteiger partial charge in [0.05, 0.1) is 16.8 Å². The van der Waals surface area contributed by atoms with E-state index in [1.807, 2.05) is 38.1 Å². The van der Waals surface area contributed by atoms with Crippen LogP contribution >= 0.6 is 0 Å². The maximum Gasteiger partial charge on any atom is 0.345 e. The molecule has 1 aromatic heterocycles. The first-order valence-corrected chi connectivity index (χ1v) is 9.61. The number of esters is 1. The van der Waals surface area contributed by atoms with Gasteiger partial charge in [0.1, 0.15) is 0 Å². The van der Waals surface area contributed by atoms with Gasteiger partial charge in [-0.3, -0.25) is 4.79 Å². The maximum atomic E-state index is 12.7. The van der Waals surface area contributed by atoms with Gasteiger partial charge in [-0.25, -0.2) is 4.79 Å². The number of hydrogen-bond acceptors (Lipinski definition) is 4. The van der Waals surface area contributed by atoms with Crippen LogP contribution in [-0.4, -0.2) is 11.8 Å². The van der Waals surface area contributed by atoms with Gasteiger partial charge in [0.25, 0.3) is 6.73 Å². The van der Waals surface area contributed by atoms with Crippen LogP contribution in [0.5, 0.6) is 0 Å². The first-order chi connectivity index (χ1) is 14.0. The van der Waals surface area contributed by atoms with E-state index in [2.05, 4.69) is 18.3 Å². The van der Waals surface area contributed by atoms with Gasteiger partial charge in [-0.1, -0.05) is 31.2 Å². The maximum absolute atomic E-state index is 12.7. The van der Waals surface area contributed by atoms with Crippen molar-refractivity contribution in [1.29, 1.82) is 0 Å². The fraction of sp³-hybridized carbons (Fsp3) is 0.208. The van der Waals surface area contributed by atoms with Crippen LogP contribution in [0.4, 0.5) is 11.4 Å². The minimum absolute atomic E-state index is 0.0292. The number of pyridine rings is 1. The van der Waals surface area contributed by atoms with Crippen LogP contribution in [-0.2, 0) is 11.5 Å². The average molecular weight is 389 g/mol. The number of hydrogen-bond donors (Lipinski definition) is 1. The third kappa shape index (κ3) is 4.88. The quantitative estimate of drug-likeness (QED) is 0.360. The van der Waals surface area contributed by atoms with Crippen molar-refractivity contribution in [3.8, 4) is 0 Å². The number of ether oxygens (including phenoxy) is 1. The number of carbonyl (C=O) groups is 2. The molecule has 0 aliphatic rings. The lowest BCUT2D eigenvalue weighted by Crippen LogP contribution is -2.36. The molecule has 3 aromatic rings. The van der Waals surface area contributed by atoms with Crippen molar-refractivity contribution >= 4 is 23.1 Å². The van der Waals surface area contributed by atoms with Crippen LogP contribution in [0, 0.1) is 13.8 Å². The molecule has 5 heteroatoms. The largest absolute Gasteiger partial charge is 0.401 e. The van der Waals surface area contributed by atoms with Crippen LogP contribution in [0.2, 0.25) is 0 Å². The number of carbonyl (C=O) groups excluding carboxylic acids is 2. The van der Waals surface area contributed by atoms with E-state index in [9.17, 15) is 9.59 Å². The lowest BCUT2D eigenvalue weighted by atomic mass is 10.1. The number of aryl methyl sites for hydroxylation is 1. The van der Waals surface area contributed by atoms with Crippen LogP contribution in [0.1, 0.15) is 45.2 Å². The number of para-hydroxylation sites is 1. The lowest BCUT2D eigenvalue weighted by Gasteiger charge is -2.14. The zero-order chi connectivity index (χ0) is 20.8. The van der Waals surface area contributed by atoms with Crippen molar-refractivity contribution in [2.75, 3.05) is 5.32 Å². The Labute approximate surface area is 171 Å². The monoisotopic (exact) mass is 389 g/mol. The molecule has 0 aliphatic carbocycles. The molecule has 1 N–H and O–H groups in total. The van der Waals surface area contributed by atoms with E-state index in [1.54, 1.807) is 41.2 Å². The van der Waals surface area contributed by atoms with Gasteiger partial charge in [-0.2, -0.15) is 4.57 Å². The predicted octanol–water partition coefficient (Wildman–Crippen LogP) is 4.74. The Morgan fingerprint density at radius 2 is 1.72 bits per heavy atom. The second-order valence-electron chi connectivity index (χ2n) is 6.86. The number of aromatic nitrogens is 1. The molecule has 0 saturated carbocycles. The number of ketones is 1. The Bertz CT molecular complexity index is 1040. The summed E-state index contributed by atoms with van der Waals surface area (Å²) in [5.74, 6) is -0.383. The van der Waals surface area contributed by atoms with Gasteiger partial charge < -0.3 is 10.1 Å². The normalized spacial score (nSPS) is 10.4. The minimum Gasteiger partial charge on any atom is -0.401 e. The smallest absolute Gasteiger partial charge is 0.345 e. The number of rotatable bonds is 7. The van der Waals surface area contributed by atoms with Gasteiger partial charge in [0.2, 0.25) is 0 Å². The van der Waals surface area contributed by atoms with Crippen molar-refractivity contribution in [1.82, 2.24) is 0 Å². The molecule has 0 radical (unpaired) electrons. The molecule has 0 unspecified atom stereocenters. The van der Waals surface area contributed by atoms with E-state index in [0.29, 0.717) is 23.2 Å². The summed E-state index contributed by atoms with van der Waals surface area (Å²) >= 11 is 0. The molecule has 0 spiro atoms. The zero-order valence-electron chi connectivity index (χ0n) is 16.9. The molecule has 0 atom stereocenters. The summed E-state index contributed by atoms with van der Waals surface area (Å²) in [4.78, 5) is 24.6. The van der Waals surface area contributed by atoms with E-state index in [1.165, 1.54) is 5.56 Å². The molecule has 29 heavy (non-hydrogen) atoms. The van der Waals surface area contributed by atoms with Crippen molar-refractivity contribution < 1.29 is 18.9 Å². The van der Waals surface area contributed by atoms with E-state index < -0.39 is 5.97 Å². The van der Waals surface area contributed by atoms with Crippen LogP contribution in [0.3, 0.4) is 0 Å². The predicted molar refractivity (Wildman–Crippen MR) is 112 cm³/mol. The Kier molecular flexibility index (Phi) is 6.39. The van der Waals surface area contributed by atoms with E-state index in [-0.39, 0.29) is 12.5 Å². The van der Waals surface area contributed by atoms with Crippen LogP contribution in [0.15, 0.2) is 67.0 Å². The molecule has 148 valence electrons. The first-order valence-electron chi connectivity index (χ1n) is 9.61. The fourth-order valence-electron chi connectivity index (χ4n) is 2.98. The Balaban J connectivity index is 1.75. The van der Waals surface area contributed by atoms with Gasteiger partial charge in [0, 0.05) is 18.2 Å². The standard InChI is InChI=1S/C24H24N2O3/c1-4-23(27)19-10-8-14-26(15-19)16-29-24(28)20-11-5-6-12-22(20)25-21-13-7-9-17(2)18(21)3/h5-15H,4,16H2,1-3H3/p+1. The highest BCUT2D eigenvalue weighted by molar-refractivity contribution is 5.96. The summed E-state index contributed by atoms with van der Waals surface area (Å²) < 4.78 is 7.17. The summed E-state index contributed by atoms with van der Waals surface area (Å²) in [5.41, 5.74) is 4.99. The second kappa shape index (κ2) is 9.15. The van der Waals surface area contributed by atoms with E-state index in [4.69, 9.17) is 4.74 Å². The van der Waals surface area contributed by atoms with Crippen molar-refractivity contribution in [3.63, 3.8) is 0 Å². The first kappa shape index (κ1) is 20.3. The molecule has 0 saturated heterocycles. The Morgan fingerprint density at radius 3 is 2.52 bits per heavy atom. The van der Waals surface area contributed by atoms with E-state index >= 15 is 0 Å². The van der Waals surface area contributed by atoms with Crippen molar-refractivity contribution in [2.45, 2.75) is 33.9 Å². The minimum atomic E-state index is -0.432. The van der Waals surface area contributed by atoms with Gasteiger partial charge in [0.15, 0.2) is 18.2 Å². The summed E-state index contributed by atoms with van der Waals surface area (Å²) in [7, 11) is 0. The number of benzene rings is 2. The number of nitrogens with one attached hydrogen (secondary N) is 1. The fourth-order valence-corrected chi connectivity index (χ4v) is 2.98. The summed E-state index contributed by atoms with van der Waals surface area (Å²) in [5, 5.41) is 3.34. The summed E-state index contributed by atoms with van der Waals surface area (Å²) in [6.07, 6.45) is 3.89. The number of anilines is 2. The number of Topliss-reactive ketones (excluding diaryl/α,β-unsaturated/α-hetero) is 1. The Hall–Kier alpha value is -3.47. The molecule has 2 aromatic carbocycles. The van der Waals surface area contributed by atoms with Crippen LogP contribution in [0.25, 0.3) is 0 Å². The zero-order valence-corrected chi connectivity index (χ0v) is 16.9. The molecule has 1 heterocycles. The molecule has 5 nitrogen and oxygen atoms in total. The highest BCUT2D eigenvalue weighted by Gasteiger charge is 2.16. The SMILES string of the molecule is CCC(=O)c1ccc[n+](COC(=O)c2ccccc2Nc2cccc(C)c2C)c1. The summed E-state index contributed by atoms with van der Waals surface area (Å²) in [6.45, 7) is 5.94. The second-order valence-corrected chi connectivity index (χ2v) is 6.86. The average Bonchev–Trinajstić information content (AvgIpc) is 2.75. The summed E-state index contributed by atoms with van der Waals surface area (Å²) in [6, 6.07) is 16.8. The van der Waals surface area contributed by atoms with Gasteiger partial charge in [-0.15, -0.1) is 0 Å². The third-order valence-corrected chi connectivity index (χ3v) is 4.87. The Morgan fingerprint density at radius 1 is 0.966 bits per heavy atom. The van der Waals surface area contributed by atoms with Gasteiger partial charge >= 0.3 is 5.97 Å². The van der Waals surface area contributed by atoms with Gasteiger partial charge in [-0.05, 0) is 49.2 Å². The number of nitrogens with zero attached hydrogens (tertiary/aromatic N) is 1. The third-order valence-electron chi connectivity index (χ3n) is 4.87. The molecular formula is C24H25N2O3+. The molecule has 0 amide bonds. The highest BCUT2D eigenvalue weighted by Crippen LogP contribution is 2.25. The lowest BCUT2D eigenvalue weighted by molar-refractivity contribution is -0.727. The van der Waals surface area contributed by atoms with Crippen molar-refractivity contribution in [3.05, 3.63) is 89.2 Å². The molecule has 0 aliphatic heterocycles. The van der Waals surface area contributed by atoms with E-state index in [0.717, 1.165) is 11.3 Å². The van der Waals surface area contributed by atoms with Crippen molar-refractivity contribution in [2.24, 2.45) is 0 Å². The molecule has 0 fully saturated rings. The molecular weight excluding hydrogens is 364 g/mol. The molecule has 0 bridgehead atoms.